The number of rotatable bonds is 6. The van der Waals surface area contributed by atoms with E-state index in [1.807, 2.05) is 32.0 Å². The Hall–Kier alpha value is -2.82. The van der Waals surface area contributed by atoms with Crippen molar-refractivity contribution in [1.82, 2.24) is 5.32 Å². The van der Waals surface area contributed by atoms with Crippen molar-refractivity contribution in [3.63, 3.8) is 0 Å². The van der Waals surface area contributed by atoms with Gasteiger partial charge in [-0.2, -0.15) is 0 Å². The van der Waals surface area contributed by atoms with Crippen molar-refractivity contribution in [2.24, 2.45) is 0 Å². The number of ether oxygens (including phenoxy) is 1. The maximum atomic E-state index is 12.0. The first-order chi connectivity index (χ1) is 11.0. The maximum Gasteiger partial charge on any atom is 0.330 e. The van der Waals surface area contributed by atoms with E-state index < -0.39 is 17.9 Å². The second-order valence-electron chi connectivity index (χ2n) is 5.26. The number of carbonyl (C=O) groups is 2. The van der Waals surface area contributed by atoms with Crippen LogP contribution in [0.15, 0.2) is 48.5 Å². The first kappa shape index (κ1) is 16.5. The summed E-state index contributed by atoms with van der Waals surface area (Å²) in [6.45, 7) is 3.55. The van der Waals surface area contributed by atoms with Gasteiger partial charge in [0.15, 0.2) is 12.6 Å². The Morgan fingerprint density at radius 1 is 1.04 bits per heavy atom. The molecule has 2 N–H and O–H groups in total. The van der Waals surface area contributed by atoms with Gasteiger partial charge in [-0.25, -0.2) is 4.79 Å². The first-order valence-corrected chi connectivity index (χ1v) is 7.25. The highest BCUT2D eigenvalue weighted by atomic mass is 16.5. The van der Waals surface area contributed by atoms with Gasteiger partial charge >= 0.3 is 5.97 Å². The number of amides is 1. The summed E-state index contributed by atoms with van der Waals surface area (Å²) in [6, 6.07) is 13.2. The number of benzene rings is 2. The first-order valence-electron chi connectivity index (χ1n) is 7.25. The molecule has 2 aromatic rings. The van der Waals surface area contributed by atoms with E-state index >= 15 is 0 Å². The second kappa shape index (κ2) is 7.45. The van der Waals surface area contributed by atoms with Gasteiger partial charge in [0, 0.05) is 0 Å². The molecule has 1 atom stereocenters. The molecule has 120 valence electrons. The van der Waals surface area contributed by atoms with Crippen LogP contribution in [0.5, 0.6) is 5.75 Å². The molecule has 2 rings (SSSR count). The van der Waals surface area contributed by atoms with E-state index in [0.29, 0.717) is 11.3 Å². The van der Waals surface area contributed by atoms with Crippen molar-refractivity contribution in [1.29, 1.82) is 0 Å². The number of hydrogen-bond donors (Lipinski definition) is 2. The minimum absolute atomic E-state index is 0.234. The predicted molar refractivity (Wildman–Crippen MR) is 86.4 cm³/mol. The molecule has 0 unspecified atom stereocenters. The van der Waals surface area contributed by atoms with E-state index in [1.54, 1.807) is 30.3 Å². The summed E-state index contributed by atoms with van der Waals surface area (Å²) in [7, 11) is 0. The fraction of sp³-hybridized carbons (Fsp3) is 0.222. The van der Waals surface area contributed by atoms with Crippen molar-refractivity contribution < 1.29 is 19.4 Å². The molecule has 0 aliphatic carbocycles. The van der Waals surface area contributed by atoms with E-state index in [9.17, 15) is 14.7 Å². The zero-order valence-corrected chi connectivity index (χ0v) is 13.1. The van der Waals surface area contributed by atoms with Crippen LogP contribution in [0.25, 0.3) is 0 Å². The zero-order chi connectivity index (χ0) is 16.8. The average Bonchev–Trinajstić information content (AvgIpc) is 2.52. The quantitative estimate of drug-likeness (QED) is 0.859. The molecule has 0 spiro atoms. The molecule has 0 aliphatic rings. The molecule has 0 bridgehead atoms. The van der Waals surface area contributed by atoms with Gasteiger partial charge in [0.2, 0.25) is 0 Å². The number of carboxylic acids is 1. The Kier molecular flexibility index (Phi) is 5.36. The van der Waals surface area contributed by atoms with Gasteiger partial charge in [-0.15, -0.1) is 0 Å². The number of carbonyl (C=O) groups excluding carboxylic acids is 1. The van der Waals surface area contributed by atoms with E-state index in [2.05, 4.69) is 5.32 Å². The van der Waals surface area contributed by atoms with Gasteiger partial charge in [-0.1, -0.05) is 48.5 Å². The lowest BCUT2D eigenvalue weighted by molar-refractivity contribution is -0.142. The smallest absolute Gasteiger partial charge is 0.330 e. The molecule has 2 aromatic carbocycles. The topological polar surface area (TPSA) is 75.6 Å². The van der Waals surface area contributed by atoms with Gasteiger partial charge in [0.1, 0.15) is 5.75 Å². The fourth-order valence-corrected chi connectivity index (χ4v) is 2.30. The number of hydrogen-bond acceptors (Lipinski definition) is 3. The molecular formula is C18H19NO4. The van der Waals surface area contributed by atoms with Crippen LogP contribution < -0.4 is 10.1 Å². The summed E-state index contributed by atoms with van der Waals surface area (Å²) in [4.78, 5) is 23.4. The van der Waals surface area contributed by atoms with E-state index in [0.717, 1.165) is 11.1 Å². The Morgan fingerprint density at radius 2 is 1.65 bits per heavy atom. The van der Waals surface area contributed by atoms with Crippen molar-refractivity contribution >= 4 is 11.9 Å². The van der Waals surface area contributed by atoms with Gasteiger partial charge in [-0.05, 0) is 30.5 Å². The highest BCUT2D eigenvalue weighted by molar-refractivity contribution is 5.85. The van der Waals surface area contributed by atoms with Crippen LogP contribution in [0.4, 0.5) is 0 Å². The molecule has 0 radical (unpaired) electrons. The van der Waals surface area contributed by atoms with E-state index in [-0.39, 0.29) is 6.61 Å². The lowest BCUT2D eigenvalue weighted by Gasteiger charge is -2.16. The summed E-state index contributed by atoms with van der Waals surface area (Å²) < 4.78 is 5.54. The van der Waals surface area contributed by atoms with Gasteiger partial charge in [0.05, 0.1) is 0 Å². The molecular weight excluding hydrogens is 294 g/mol. The van der Waals surface area contributed by atoms with E-state index in [1.165, 1.54) is 0 Å². The molecule has 5 nitrogen and oxygen atoms in total. The highest BCUT2D eigenvalue weighted by Gasteiger charge is 2.22. The number of carboxylic acid groups (broad SMARTS) is 1. The lowest BCUT2D eigenvalue weighted by Crippen LogP contribution is -2.36. The lowest BCUT2D eigenvalue weighted by atomic mass is 10.1. The minimum atomic E-state index is -1.11. The van der Waals surface area contributed by atoms with Crippen LogP contribution in [-0.2, 0) is 9.59 Å². The molecule has 0 saturated carbocycles. The Bertz CT molecular complexity index is 677. The SMILES string of the molecule is Cc1cccc(C)c1OCC(=O)N[C@H](C(=O)O)c1ccccc1. The standard InChI is InChI=1S/C18H19NO4/c1-12-7-6-8-13(2)17(12)23-11-15(20)19-16(18(21)22)14-9-4-3-5-10-14/h3-10,16H,11H2,1-2H3,(H,19,20)(H,21,22)/t16-/m0/s1. The third-order valence-electron chi connectivity index (χ3n) is 3.44. The normalized spacial score (nSPS) is 11.6. The van der Waals surface area contributed by atoms with Crippen molar-refractivity contribution in [2.45, 2.75) is 19.9 Å². The fourth-order valence-electron chi connectivity index (χ4n) is 2.30. The monoisotopic (exact) mass is 313 g/mol. The number of aliphatic carboxylic acids is 1. The van der Waals surface area contributed by atoms with Crippen molar-refractivity contribution in [2.75, 3.05) is 6.61 Å². The van der Waals surface area contributed by atoms with Crippen LogP contribution in [0.3, 0.4) is 0 Å². The third kappa shape index (κ3) is 4.32. The largest absolute Gasteiger partial charge is 0.483 e. The highest BCUT2D eigenvalue weighted by Crippen LogP contribution is 2.22. The Balaban J connectivity index is 2.02. The maximum absolute atomic E-state index is 12.0. The summed E-state index contributed by atoms with van der Waals surface area (Å²) in [5.41, 5.74) is 2.37. The number of para-hydroxylation sites is 1. The molecule has 5 heteroatoms. The third-order valence-corrected chi connectivity index (χ3v) is 3.44. The summed E-state index contributed by atoms with van der Waals surface area (Å²) in [5.74, 6) is -0.949. The average molecular weight is 313 g/mol. The summed E-state index contributed by atoms with van der Waals surface area (Å²) in [5, 5.41) is 11.8. The molecule has 1 amide bonds. The molecule has 0 heterocycles. The van der Waals surface area contributed by atoms with Crippen LogP contribution in [0, 0.1) is 13.8 Å². The number of nitrogens with one attached hydrogen (secondary N) is 1. The van der Waals surface area contributed by atoms with Gasteiger partial charge in [0.25, 0.3) is 5.91 Å². The van der Waals surface area contributed by atoms with Crippen LogP contribution in [0.2, 0.25) is 0 Å². The summed E-state index contributed by atoms with van der Waals surface area (Å²) >= 11 is 0. The van der Waals surface area contributed by atoms with Crippen molar-refractivity contribution in [3.05, 3.63) is 65.2 Å². The van der Waals surface area contributed by atoms with Crippen LogP contribution >= 0.6 is 0 Å². The van der Waals surface area contributed by atoms with Crippen LogP contribution in [0.1, 0.15) is 22.7 Å². The van der Waals surface area contributed by atoms with E-state index in [4.69, 9.17) is 4.74 Å². The molecule has 0 aliphatic heterocycles. The minimum Gasteiger partial charge on any atom is -0.483 e. The Morgan fingerprint density at radius 3 is 2.22 bits per heavy atom. The Labute approximate surface area is 134 Å². The number of aryl methyl sites for hydroxylation is 2. The summed E-state index contributed by atoms with van der Waals surface area (Å²) in [6.07, 6.45) is 0. The van der Waals surface area contributed by atoms with Crippen LogP contribution in [-0.4, -0.2) is 23.6 Å². The van der Waals surface area contributed by atoms with Crippen molar-refractivity contribution in [3.8, 4) is 5.75 Å². The molecule has 0 aromatic heterocycles. The predicted octanol–water partition coefficient (Wildman–Crippen LogP) is 2.62. The molecule has 0 fully saturated rings. The second-order valence-corrected chi connectivity index (χ2v) is 5.26. The van der Waals surface area contributed by atoms with Gasteiger partial charge in [-0.3, -0.25) is 4.79 Å². The molecule has 23 heavy (non-hydrogen) atoms. The zero-order valence-electron chi connectivity index (χ0n) is 13.1. The van der Waals surface area contributed by atoms with Gasteiger partial charge < -0.3 is 15.2 Å². The molecule has 0 saturated heterocycles.